The van der Waals surface area contributed by atoms with E-state index in [-0.39, 0.29) is 0 Å². The number of rotatable bonds is 6. The molecule has 0 saturated carbocycles. The molecule has 0 bridgehead atoms. The minimum atomic E-state index is -0.620. The van der Waals surface area contributed by atoms with Crippen molar-refractivity contribution in [2.45, 2.75) is 26.3 Å². The highest BCUT2D eigenvalue weighted by molar-refractivity contribution is 6.30. The summed E-state index contributed by atoms with van der Waals surface area (Å²) in [5, 5.41) is 1.09. The van der Waals surface area contributed by atoms with Gasteiger partial charge in [0.25, 0.3) is 0 Å². The molecule has 0 atom stereocenters. The average Bonchev–Trinajstić information content (AvgIpc) is 2.59. The van der Waals surface area contributed by atoms with E-state index in [9.17, 15) is 9.59 Å². The minimum absolute atomic E-state index is 0.428. The van der Waals surface area contributed by atoms with Gasteiger partial charge in [0.15, 0.2) is 0 Å². The summed E-state index contributed by atoms with van der Waals surface area (Å²) in [4.78, 5) is 23.9. The second-order valence-corrected chi connectivity index (χ2v) is 6.22. The quantitative estimate of drug-likeness (QED) is 0.628. The molecule has 0 aliphatic carbocycles. The molecule has 0 aliphatic heterocycles. The summed E-state index contributed by atoms with van der Waals surface area (Å²) in [6.07, 6.45) is 1.49. The number of aryl methyl sites for hydroxylation is 2. The summed E-state index contributed by atoms with van der Waals surface area (Å²) in [6, 6.07) is 12.5. The molecule has 5 nitrogen and oxygen atoms in total. The maximum absolute atomic E-state index is 12.1. The predicted octanol–water partition coefficient (Wildman–Crippen LogP) is 3.78. The number of fused-ring (bicyclic) bond motifs is 1. The van der Waals surface area contributed by atoms with Crippen LogP contribution in [0.15, 0.2) is 56.5 Å². The number of unbranched alkanes of at least 4 members (excludes halogenated alkanes) is 1. The number of hydrogen-bond donors (Lipinski definition) is 0. The molecular formula is C19H18ClNO4. The maximum atomic E-state index is 12.1. The molecule has 0 fully saturated rings. The van der Waals surface area contributed by atoms with Crippen LogP contribution in [0.3, 0.4) is 0 Å². The molecule has 25 heavy (non-hydrogen) atoms. The first-order valence-corrected chi connectivity index (χ1v) is 8.46. The predicted molar refractivity (Wildman–Crippen MR) is 97.7 cm³/mol. The van der Waals surface area contributed by atoms with Crippen molar-refractivity contribution in [2.75, 3.05) is 6.61 Å². The number of benzene rings is 2. The van der Waals surface area contributed by atoms with Crippen LogP contribution in [0.5, 0.6) is 5.75 Å². The molecule has 0 unspecified atom stereocenters. The van der Waals surface area contributed by atoms with Gasteiger partial charge in [-0.25, -0.2) is 9.59 Å². The summed E-state index contributed by atoms with van der Waals surface area (Å²) < 4.78 is 12.0. The second-order valence-electron chi connectivity index (χ2n) is 5.79. The number of ether oxygens (including phenoxy) is 1. The van der Waals surface area contributed by atoms with E-state index in [1.807, 2.05) is 25.1 Å². The van der Waals surface area contributed by atoms with Crippen molar-refractivity contribution in [1.29, 1.82) is 0 Å². The average molecular weight is 360 g/mol. The van der Waals surface area contributed by atoms with E-state index >= 15 is 0 Å². The van der Waals surface area contributed by atoms with E-state index < -0.39 is 11.4 Å². The zero-order valence-corrected chi connectivity index (χ0v) is 14.6. The van der Waals surface area contributed by atoms with E-state index in [0.717, 1.165) is 24.2 Å². The first-order chi connectivity index (χ1) is 12.1. The highest BCUT2D eigenvalue weighted by Gasteiger charge is 2.11. The highest BCUT2D eigenvalue weighted by Crippen LogP contribution is 2.16. The van der Waals surface area contributed by atoms with Crippen LogP contribution in [0.2, 0.25) is 5.02 Å². The Balaban J connectivity index is 1.66. The lowest BCUT2D eigenvalue weighted by molar-refractivity contribution is 0.301. The Bertz CT molecular complexity index is 989. The number of nitrogens with zero attached hydrogens (tertiary/aromatic N) is 1. The molecule has 1 aromatic heterocycles. The molecule has 3 rings (SSSR count). The van der Waals surface area contributed by atoms with Crippen LogP contribution in [0.25, 0.3) is 10.9 Å². The van der Waals surface area contributed by atoms with Crippen molar-refractivity contribution >= 4 is 22.5 Å². The van der Waals surface area contributed by atoms with E-state index in [1.165, 1.54) is 4.57 Å². The Morgan fingerprint density at radius 3 is 2.60 bits per heavy atom. The molecular weight excluding hydrogens is 342 g/mol. The van der Waals surface area contributed by atoms with Gasteiger partial charge in [0.2, 0.25) is 0 Å². The maximum Gasteiger partial charge on any atom is 0.422 e. The molecule has 1 heterocycles. The smallest absolute Gasteiger partial charge is 0.422 e. The molecule has 3 aromatic rings. The minimum Gasteiger partial charge on any atom is -0.494 e. The Morgan fingerprint density at radius 1 is 1.08 bits per heavy atom. The van der Waals surface area contributed by atoms with Crippen molar-refractivity contribution in [1.82, 2.24) is 4.57 Å². The third-order valence-corrected chi connectivity index (χ3v) is 4.24. The van der Waals surface area contributed by atoms with E-state index in [1.54, 1.807) is 24.3 Å². The van der Waals surface area contributed by atoms with Gasteiger partial charge >= 0.3 is 11.4 Å². The third-order valence-electron chi connectivity index (χ3n) is 3.99. The van der Waals surface area contributed by atoms with E-state index in [2.05, 4.69) is 0 Å². The molecule has 0 radical (unpaired) electrons. The molecule has 0 amide bonds. The van der Waals surface area contributed by atoms with Crippen LogP contribution in [0, 0.1) is 6.92 Å². The molecule has 130 valence electrons. The monoisotopic (exact) mass is 359 g/mol. The standard InChI is InChI=1S/C19H18ClNO4/c1-13-5-4-6-16-17(13)21(19(23)25-18(16)22)11-2-3-12-24-15-9-7-14(20)8-10-15/h4-10H,2-3,11-12H2,1H3. The van der Waals surface area contributed by atoms with Gasteiger partial charge in [-0.05, 0) is 55.7 Å². The summed E-state index contributed by atoms with van der Waals surface area (Å²) >= 11 is 5.83. The zero-order valence-electron chi connectivity index (χ0n) is 13.8. The zero-order chi connectivity index (χ0) is 17.8. The largest absolute Gasteiger partial charge is 0.494 e. The van der Waals surface area contributed by atoms with Crippen molar-refractivity contribution < 1.29 is 9.15 Å². The topological polar surface area (TPSA) is 61.4 Å². The fraction of sp³-hybridized carbons (Fsp3) is 0.263. The summed E-state index contributed by atoms with van der Waals surface area (Å²) in [5.74, 6) is 0.138. The second kappa shape index (κ2) is 7.57. The molecule has 6 heteroatoms. The van der Waals surface area contributed by atoms with Crippen LogP contribution in [-0.2, 0) is 6.54 Å². The van der Waals surface area contributed by atoms with Crippen molar-refractivity contribution in [3.05, 3.63) is 74.0 Å². The Hall–Kier alpha value is -2.53. The van der Waals surface area contributed by atoms with Gasteiger partial charge in [-0.3, -0.25) is 4.57 Å². The lowest BCUT2D eigenvalue weighted by Crippen LogP contribution is -2.25. The Kier molecular flexibility index (Phi) is 5.24. The fourth-order valence-electron chi connectivity index (χ4n) is 2.76. The molecule has 0 spiro atoms. The van der Waals surface area contributed by atoms with Crippen molar-refractivity contribution in [3.63, 3.8) is 0 Å². The summed E-state index contributed by atoms with van der Waals surface area (Å²) in [6.45, 7) is 2.87. The number of aromatic nitrogens is 1. The van der Waals surface area contributed by atoms with Gasteiger partial charge in [-0.2, -0.15) is 0 Å². The SMILES string of the molecule is Cc1cccc2c(=O)oc(=O)n(CCCCOc3ccc(Cl)cc3)c12. The molecule has 0 N–H and O–H groups in total. The van der Waals surface area contributed by atoms with Gasteiger partial charge in [0, 0.05) is 11.6 Å². The van der Waals surface area contributed by atoms with Gasteiger partial charge in [-0.1, -0.05) is 23.7 Å². The number of halogens is 1. The van der Waals surface area contributed by atoms with Gasteiger partial charge in [0.05, 0.1) is 17.5 Å². The molecule has 2 aromatic carbocycles. The third kappa shape index (κ3) is 3.94. The molecule has 0 aliphatic rings. The summed E-state index contributed by atoms with van der Waals surface area (Å²) in [7, 11) is 0. The van der Waals surface area contributed by atoms with Crippen LogP contribution >= 0.6 is 11.6 Å². The lowest BCUT2D eigenvalue weighted by Gasteiger charge is -2.11. The van der Waals surface area contributed by atoms with Crippen LogP contribution in [0.1, 0.15) is 18.4 Å². The number of hydrogen-bond acceptors (Lipinski definition) is 4. The van der Waals surface area contributed by atoms with Crippen molar-refractivity contribution in [3.8, 4) is 5.75 Å². The highest BCUT2D eigenvalue weighted by atomic mass is 35.5. The van der Waals surface area contributed by atoms with E-state index in [0.29, 0.717) is 29.1 Å². The van der Waals surface area contributed by atoms with E-state index in [4.69, 9.17) is 20.8 Å². The number of para-hydroxylation sites is 1. The van der Waals surface area contributed by atoms with Crippen molar-refractivity contribution in [2.24, 2.45) is 0 Å². The van der Waals surface area contributed by atoms with Gasteiger partial charge in [-0.15, -0.1) is 0 Å². The van der Waals surface area contributed by atoms with Crippen LogP contribution in [0.4, 0.5) is 0 Å². The lowest BCUT2D eigenvalue weighted by atomic mass is 10.1. The Morgan fingerprint density at radius 2 is 1.84 bits per heavy atom. The fourth-order valence-corrected chi connectivity index (χ4v) is 2.88. The van der Waals surface area contributed by atoms with Crippen LogP contribution < -0.4 is 16.1 Å². The van der Waals surface area contributed by atoms with Crippen LogP contribution in [-0.4, -0.2) is 11.2 Å². The normalized spacial score (nSPS) is 11.0. The Labute approximate surface area is 149 Å². The first-order valence-electron chi connectivity index (χ1n) is 8.08. The molecule has 0 saturated heterocycles. The van der Waals surface area contributed by atoms with Gasteiger partial charge in [0.1, 0.15) is 5.75 Å². The first kappa shape index (κ1) is 17.3. The van der Waals surface area contributed by atoms with Gasteiger partial charge < -0.3 is 9.15 Å². The summed E-state index contributed by atoms with van der Waals surface area (Å²) in [5.41, 5.74) is 0.924.